The maximum absolute atomic E-state index is 11.7. The van der Waals surface area contributed by atoms with Gasteiger partial charge in [0, 0.05) is 8.07 Å². The number of esters is 1. The summed E-state index contributed by atoms with van der Waals surface area (Å²) in [5, 5.41) is 9.02. The lowest BCUT2D eigenvalue weighted by Gasteiger charge is -2.27. The molecule has 0 saturated carbocycles. The summed E-state index contributed by atoms with van der Waals surface area (Å²) in [5.74, 6) is -2.71. The summed E-state index contributed by atoms with van der Waals surface area (Å²) >= 11 is 0. The summed E-state index contributed by atoms with van der Waals surface area (Å²) in [6.07, 6.45) is 0. The Morgan fingerprint density at radius 2 is 1.82 bits per heavy atom. The molecule has 0 amide bonds. The molecule has 0 rings (SSSR count). The number of ether oxygens (including phenoxy) is 1. The predicted molar refractivity (Wildman–Crippen MR) is 68.5 cm³/mol. The van der Waals surface area contributed by atoms with Crippen molar-refractivity contribution in [3.8, 4) is 0 Å². The van der Waals surface area contributed by atoms with Crippen LogP contribution in [0.4, 0.5) is 0 Å². The van der Waals surface area contributed by atoms with Crippen molar-refractivity contribution in [2.75, 3.05) is 6.61 Å². The van der Waals surface area contributed by atoms with Crippen LogP contribution in [0, 0.1) is 5.92 Å². The van der Waals surface area contributed by atoms with Crippen molar-refractivity contribution < 1.29 is 19.4 Å². The summed E-state index contributed by atoms with van der Waals surface area (Å²) in [4.78, 5) is 22.8. The molecule has 100 valence electrons. The lowest BCUT2D eigenvalue weighted by molar-refractivity contribution is -0.163. The Morgan fingerprint density at radius 3 is 2.12 bits per heavy atom. The zero-order valence-electron chi connectivity index (χ0n) is 11.2. The third-order valence-corrected chi connectivity index (χ3v) is 4.39. The molecule has 0 radical (unpaired) electrons. The minimum Gasteiger partial charge on any atom is -0.479 e. The number of nitrogens with two attached hydrogens (primary N) is 1. The molecular weight excluding hydrogens is 238 g/mol. The van der Waals surface area contributed by atoms with Gasteiger partial charge in [0.15, 0.2) is 0 Å². The zero-order valence-corrected chi connectivity index (χ0v) is 12.2. The highest BCUT2D eigenvalue weighted by Crippen LogP contribution is 2.17. The third kappa shape index (κ3) is 4.47. The number of carbonyl (C=O) groups is 2. The molecule has 0 aromatic rings. The van der Waals surface area contributed by atoms with E-state index in [1.165, 1.54) is 0 Å². The molecule has 0 bridgehead atoms. The van der Waals surface area contributed by atoms with Crippen molar-refractivity contribution in [2.24, 2.45) is 11.7 Å². The molecule has 0 aromatic carbocycles. The van der Waals surface area contributed by atoms with Gasteiger partial charge in [0.25, 0.3) is 0 Å². The van der Waals surface area contributed by atoms with Crippen molar-refractivity contribution in [3.05, 3.63) is 0 Å². The van der Waals surface area contributed by atoms with Gasteiger partial charge in [-0.25, -0.2) is 9.59 Å². The molecule has 1 atom stereocenters. The van der Waals surface area contributed by atoms with E-state index in [-0.39, 0.29) is 6.61 Å². The first-order valence-electron chi connectivity index (χ1n) is 5.71. The van der Waals surface area contributed by atoms with Gasteiger partial charge >= 0.3 is 11.9 Å². The largest absolute Gasteiger partial charge is 0.479 e. The van der Waals surface area contributed by atoms with Crippen LogP contribution in [0.2, 0.25) is 25.7 Å². The maximum Gasteiger partial charge on any atom is 0.338 e. The van der Waals surface area contributed by atoms with Crippen molar-refractivity contribution >= 4 is 20.0 Å². The van der Waals surface area contributed by atoms with Gasteiger partial charge in [0.1, 0.15) is 0 Å². The zero-order chi connectivity index (χ0) is 13.9. The second-order valence-electron chi connectivity index (χ2n) is 5.78. The molecule has 0 spiro atoms. The SMILES string of the molecule is CC(C)[C@](N)(C(=O)O)C(=O)OCC[Si](C)(C)C. The first-order valence-corrected chi connectivity index (χ1v) is 9.42. The number of rotatable bonds is 6. The van der Waals surface area contributed by atoms with Crippen LogP contribution in [0.25, 0.3) is 0 Å². The highest BCUT2D eigenvalue weighted by molar-refractivity contribution is 6.76. The molecule has 6 heteroatoms. The van der Waals surface area contributed by atoms with Gasteiger partial charge in [0.05, 0.1) is 6.61 Å². The number of aliphatic carboxylic acids is 1. The van der Waals surface area contributed by atoms with E-state index in [1.807, 2.05) is 0 Å². The van der Waals surface area contributed by atoms with Crippen LogP contribution in [-0.2, 0) is 14.3 Å². The molecule has 5 nitrogen and oxygen atoms in total. The molecule has 0 heterocycles. The van der Waals surface area contributed by atoms with Gasteiger partial charge in [-0.15, -0.1) is 0 Å². The number of hydrogen-bond donors (Lipinski definition) is 2. The molecule has 17 heavy (non-hydrogen) atoms. The Bertz CT molecular complexity index is 298. The molecule has 0 unspecified atom stereocenters. The van der Waals surface area contributed by atoms with Gasteiger partial charge < -0.3 is 15.6 Å². The van der Waals surface area contributed by atoms with Crippen molar-refractivity contribution in [1.82, 2.24) is 0 Å². The lowest BCUT2D eigenvalue weighted by atomic mass is 9.88. The van der Waals surface area contributed by atoms with E-state index in [0.29, 0.717) is 0 Å². The molecule has 0 aliphatic carbocycles. The smallest absolute Gasteiger partial charge is 0.338 e. The normalized spacial score (nSPS) is 15.5. The second kappa shape index (κ2) is 5.64. The number of carboxylic acids is 1. The van der Waals surface area contributed by atoms with E-state index in [2.05, 4.69) is 19.6 Å². The van der Waals surface area contributed by atoms with Crippen LogP contribution in [0.3, 0.4) is 0 Å². The Labute approximate surface area is 103 Å². The Balaban J connectivity index is 4.53. The quantitative estimate of drug-likeness (QED) is 0.427. The average Bonchev–Trinajstić information content (AvgIpc) is 2.13. The fraction of sp³-hybridized carbons (Fsp3) is 0.818. The van der Waals surface area contributed by atoms with Crippen LogP contribution in [0.1, 0.15) is 13.8 Å². The highest BCUT2D eigenvalue weighted by atomic mass is 28.3. The molecule has 0 aliphatic heterocycles. The minimum atomic E-state index is -1.95. The van der Waals surface area contributed by atoms with Gasteiger partial charge in [-0.05, 0) is 12.0 Å². The van der Waals surface area contributed by atoms with Crippen LogP contribution in [0.15, 0.2) is 0 Å². The predicted octanol–water partition coefficient (Wildman–Crippen LogP) is 1.31. The lowest BCUT2D eigenvalue weighted by Crippen LogP contribution is -2.59. The van der Waals surface area contributed by atoms with Crippen LogP contribution in [-0.4, -0.2) is 37.3 Å². The number of carboxylic acid groups (broad SMARTS) is 1. The number of hydrogen-bond acceptors (Lipinski definition) is 4. The summed E-state index contributed by atoms with van der Waals surface area (Å²) in [7, 11) is -1.30. The van der Waals surface area contributed by atoms with Crippen molar-refractivity contribution in [2.45, 2.75) is 45.1 Å². The molecule has 3 N–H and O–H groups in total. The van der Waals surface area contributed by atoms with E-state index < -0.39 is 31.5 Å². The van der Waals surface area contributed by atoms with Crippen LogP contribution in [0.5, 0.6) is 0 Å². The average molecular weight is 261 g/mol. The first kappa shape index (κ1) is 16.1. The monoisotopic (exact) mass is 261 g/mol. The molecule has 0 aromatic heterocycles. The van der Waals surface area contributed by atoms with Gasteiger partial charge in [-0.1, -0.05) is 33.5 Å². The van der Waals surface area contributed by atoms with Crippen LogP contribution >= 0.6 is 0 Å². The van der Waals surface area contributed by atoms with Gasteiger partial charge in [-0.2, -0.15) is 0 Å². The fourth-order valence-electron chi connectivity index (χ4n) is 1.14. The molecule has 0 aliphatic rings. The Hall–Kier alpha value is -0.883. The van der Waals surface area contributed by atoms with Crippen LogP contribution < -0.4 is 5.73 Å². The van der Waals surface area contributed by atoms with E-state index in [4.69, 9.17) is 15.6 Å². The Kier molecular flexibility index (Phi) is 5.34. The number of carbonyl (C=O) groups excluding carboxylic acids is 1. The minimum absolute atomic E-state index is 0.244. The fourth-order valence-corrected chi connectivity index (χ4v) is 1.85. The topological polar surface area (TPSA) is 89.6 Å². The molecule has 0 saturated heterocycles. The van der Waals surface area contributed by atoms with E-state index in [9.17, 15) is 9.59 Å². The molecular formula is C11H23NO4Si. The summed E-state index contributed by atoms with van der Waals surface area (Å²) in [6.45, 7) is 9.87. The maximum atomic E-state index is 11.7. The van der Waals surface area contributed by atoms with Gasteiger partial charge in [0.2, 0.25) is 5.54 Å². The second-order valence-corrected chi connectivity index (χ2v) is 11.4. The summed E-state index contributed by atoms with van der Waals surface area (Å²) in [6, 6.07) is 0.798. The van der Waals surface area contributed by atoms with Crippen molar-refractivity contribution in [3.63, 3.8) is 0 Å². The third-order valence-electron chi connectivity index (χ3n) is 2.69. The molecule has 0 fully saturated rings. The standard InChI is InChI=1S/C11H23NO4Si/c1-8(2)11(12,9(13)14)10(15)16-6-7-17(3,4)5/h8H,6-7,12H2,1-5H3,(H,13,14)/t11-/m0/s1. The van der Waals surface area contributed by atoms with E-state index in [0.717, 1.165) is 6.04 Å². The summed E-state index contributed by atoms with van der Waals surface area (Å²) in [5.41, 5.74) is 3.67. The Morgan fingerprint density at radius 1 is 1.35 bits per heavy atom. The highest BCUT2D eigenvalue weighted by Gasteiger charge is 2.47. The van der Waals surface area contributed by atoms with E-state index >= 15 is 0 Å². The van der Waals surface area contributed by atoms with Gasteiger partial charge in [-0.3, -0.25) is 0 Å². The summed E-state index contributed by atoms with van der Waals surface area (Å²) < 4.78 is 5.00. The van der Waals surface area contributed by atoms with Crippen molar-refractivity contribution in [1.29, 1.82) is 0 Å². The van der Waals surface area contributed by atoms with E-state index in [1.54, 1.807) is 13.8 Å². The first-order chi connectivity index (χ1) is 7.51.